The molecule has 2 rings (SSSR count). The topological polar surface area (TPSA) is 38.8 Å². The van der Waals surface area contributed by atoms with E-state index >= 15 is 0 Å². The molecule has 0 spiro atoms. The number of likely N-dealkylation sites (tertiary alicyclic amines) is 1. The van der Waals surface area contributed by atoms with Gasteiger partial charge in [0, 0.05) is 19.0 Å². The van der Waals surface area contributed by atoms with E-state index in [1.807, 2.05) is 20.8 Å². The Hall–Kier alpha value is -1.92. The predicted octanol–water partition coefficient (Wildman–Crippen LogP) is 4.70. The summed E-state index contributed by atoms with van der Waals surface area (Å²) in [5.74, 6) is -0.169. The lowest BCUT2D eigenvalue weighted by molar-refractivity contribution is -0.274. The van der Waals surface area contributed by atoms with E-state index in [-0.39, 0.29) is 17.8 Å². The van der Waals surface area contributed by atoms with Crippen LogP contribution >= 0.6 is 0 Å². The number of halogens is 3. The summed E-state index contributed by atoms with van der Waals surface area (Å²) < 4.78 is 45.8. The minimum atomic E-state index is -4.69. The lowest BCUT2D eigenvalue weighted by atomic mass is 9.91. The quantitative estimate of drug-likeness (QED) is 0.780. The van der Waals surface area contributed by atoms with Crippen LogP contribution in [-0.4, -0.2) is 36.0 Å². The first-order valence-electron chi connectivity index (χ1n) is 7.87. The number of ether oxygens (including phenoxy) is 2. The number of hydrogen-bond acceptors (Lipinski definition) is 3. The molecule has 1 saturated heterocycles. The molecule has 0 aromatic heterocycles. The summed E-state index contributed by atoms with van der Waals surface area (Å²) in [5, 5.41) is 0. The van der Waals surface area contributed by atoms with Crippen molar-refractivity contribution < 1.29 is 27.4 Å². The van der Waals surface area contributed by atoms with Crippen molar-refractivity contribution in [3.05, 3.63) is 29.8 Å². The number of amides is 1. The average Bonchev–Trinajstić information content (AvgIpc) is 2.45. The zero-order valence-corrected chi connectivity index (χ0v) is 14.0. The number of hydrogen-bond donors (Lipinski definition) is 0. The van der Waals surface area contributed by atoms with Crippen LogP contribution in [-0.2, 0) is 4.74 Å². The summed E-state index contributed by atoms with van der Waals surface area (Å²) in [6.45, 7) is 6.55. The molecule has 7 heteroatoms. The van der Waals surface area contributed by atoms with E-state index in [0.29, 0.717) is 13.1 Å². The SMILES string of the molecule is CC(C)(C)OC(=O)N1CCCC(c2ccc(OC(F)(F)F)cc2)C1. The Kier molecular flexibility index (Phi) is 5.30. The number of benzene rings is 1. The van der Waals surface area contributed by atoms with Crippen LogP contribution in [0.15, 0.2) is 24.3 Å². The van der Waals surface area contributed by atoms with Gasteiger partial charge in [-0.2, -0.15) is 0 Å². The highest BCUT2D eigenvalue weighted by atomic mass is 19.4. The van der Waals surface area contributed by atoms with Gasteiger partial charge in [0.25, 0.3) is 0 Å². The van der Waals surface area contributed by atoms with Gasteiger partial charge in [-0.15, -0.1) is 13.2 Å². The third kappa shape index (κ3) is 5.62. The fraction of sp³-hybridized carbons (Fsp3) is 0.588. The molecule has 1 aliphatic heterocycles. The van der Waals surface area contributed by atoms with Gasteiger partial charge in [-0.05, 0) is 51.3 Å². The molecule has 1 atom stereocenters. The van der Waals surface area contributed by atoms with Crippen molar-refractivity contribution in [2.45, 2.75) is 51.5 Å². The molecule has 24 heavy (non-hydrogen) atoms. The van der Waals surface area contributed by atoms with E-state index in [1.165, 1.54) is 12.1 Å². The molecule has 0 aliphatic carbocycles. The Bertz CT molecular complexity index is 564. The maximum Gasteiger partial charge on any atom is 0.573 e. The highest BCUT2D eigenvalue weighted by Crippen LogP contribution is 2.30. The van der Waals surface area contributed by atoms with Crippen molar-refractivity contribution in [3.8, 4) is 5.75 Å². The minimum Gasteiger partial charge on any atom is -0.444 e. The van der Waals surface area contributed by atoms with E-state index in [0.717, 1.165) is 18.4 Å². The van der Waals surface area contributed by atoms with Gasteiger partial charge >= 0.3 is 12.5 Å². The van der Waals surface area contributed by atoms with Gasteiger partial charge in [0.05, 0.1) is 0 Å². The molecule has 1 aliphatic rings. The zero-order valence-electron chi connectivity index (χ0n) is 14.0. The molecule has 0 bridgehead atoms. The van der Waals surface area contributed by atoms with Gasteiger partial charge in [-0.3, -0.25) is 0 Å². The summed E-state index contributed by atoms with van der Waals surface area (Å²) in [5.41, 5.74) is 0.332. The molecule has 134 valence electrons. The number of rotatable bonds is 2. The van der Waals surface area contributed by atoms with E-state index < -0.39 is 12.0 Å². The second-order valence-electron chi connectivity index (χ2n) is 6.88. The number of carbonyl (C=O) groups is 1. The second-order valence-corrected chi connectivity index (χ2v) is 6.88. The molecule has 1 aromatic carbocycles. The third-order valence-electron chi connectivity index (χ3n) is 3.66. The van der Waals surface area contributed by atoms with Crippen molar-refractivity contribution in [1.29, 1.82) is 0 Å². The van der Waals surface area contributed by atoms with E-state index in [9.17, 15) is 18.0 Å². The zero-order chi connectivity index (χ0) is 18.0. The van der Waals surface area contributed by atoms with Gasteiger partial charge in [0.1, 0.15) is 11.4 Å². The van der Waals surface area contributed by atoms with E-state index in [1.54, 1.807) is 17.0 Å². The fourth-order valence-corrected chi connectivity index (χ4v) is 2.68. The molecule has 1 unspecified atom stereocenters. The highest BCUT2D eigenvalue weighted by molar-refractivity contribution is 5.68. The first-order valence-corrected chi connectivity index (χ1v) is 7.87. The van der Waals surface area contributed by atoms with Crippen LogP contribution in [0.25, 0.3) is 0 Å². The van der Waals surface area contributed by atoms with Crippen molar-refractivity contribution in [2.75, 3.05) is 13.1 Å². The van der Waals surface area contributed by atoms with Crippen LogP contribution in [0.2, 0.25) is 0 Å². The van der Waals surface area contributed by atoms with Gasteiger partial charge in [-0.25, -0.2) is 4.79 Å². The molecule has 1 aromatic rings. The molecule has 1 fully saturated rings. The lowest BCUT2D eigenvalue weighted by Gasteiger charge is -2.34. The van der Waals surface area contributed by atoms with Crippen molar-refractivity contribution in [3.63, 3.8) is 0 Å². The maximum atomic E-state index is 12.2. The van der Waals surface area contributed by atoms with Crippen molar-refractivity contribution >= 4 is 6.09 Å². The fourth-order valence-electron chi connectivity index (χ4n) is 2.68. The van der Waals surface area contributed by atoms with Crippen molar-refractivity contribution in [2.24, 2.45) is 0 Å². The highest BCUT2D eigenvalue weighted by Gasteiger charge is 2.31. The van der Waals surface area contributed by atoms with Crippen LogP contribution in [0.5, 0.6) is 5.75 Å². The largest absolute Gasteiger partial charge is 0.573 e. The normalized spacial score (nSPS) is 19.1. The number of carbonyl (C=O) groups excluding carboxylic acids is 1. The Morgan fingerprint density at radius 3 is 2.33 bits per heavy atom. The van der Waals surface area contributed by atoms with Crippen LogP contribution in [0.3, 0.4) is 0 Å². The van der Waals surface area contributed by atoms with E-state index in [2.05, 4.69) is 4.74 Å². The number of nitrogens with zero attached hydrogens (tertiary/aromatic N) is 1. The molecule has 4 nitrogen and oxygen atoms in total. The van der Waals surface area contributed by atoms with Crippen LogP contribution in [0.1, 0.15) is 45.1 Å². The summed E-state index contributed by atoms with van der Waals surface area (Å²) in [4.78, 5) is 13.8. The smallest absolute Gasteiger partial charge is 0.444 e. The van der Waals surface area contributed by atoms with Gasteiger partial charge < -0.3 is 14.4 Å². The molecular formula is C17H22F3NO3. The molecule has 0 N–H and O–H groups in total. The molecule has 1 heterocycles. The predicted molar refractivity (Wildman–Crippen MR) is 82.9 cm³/mol. The Balaban J connectivity index is 2.00. The Morgan fingerprint density at radius 1 is 1.17 bits per heavy atom. The Morgan fingerprint density at radius 2 is 1.79 bits per heavy atom. The van der Waals surface area contributed by atoms with E-state index in [4.69, 9.17) is 4.74 Å². The minimum absolute atomic E-state index is 0.0752. The van der Waals surface area contributed by atoms with Crippen LogP contribution in [0.4, 0.5) is 18.0 Å². The van der Waals surface area contributed by atoms with Gasteiger partial charge in [-0.1, -0.05) is 12.1 Å². The molecular weight excluding hydrogens is 323 g/mol. The third-order valence-corrected chi connectivity index (χ3v) is 3.66. The summed E-state index contributed by atoms with van der Waals surface area (Å²) >= 11 is 0. The van der Waals surface area contributed by atoms with Crippen LogP contribution < -0.4 is 4.74 Å². The number of alkyl halides is 3. The number of piperidine rings is 1. The Labute approximate surface area is 139 Å². The summed E-state index contributed by atoms with van der Waals surface area (Å²) in [6.07, 6.45) is -3.35. The van der Waals surface area contributed by atoms with Crippen molar-refractivity contribution in [1.82, 2.24) is 4.90 Å². The van der Waals surface area contributed by atoms with Crippen LogP contribution in [0, 0.1) is 0 Å². The standard InChI is InChI=1S/C17H22F3NO3/c1-16(2,3)24-15(22)21-10-4-5-13(11-21)12-6-8-14(9-7-12)23-17(18,19)20/h6-9,13H,4-5,10-11H2,1-3H3. The average molecular weight is 345 g/mol. The summed E-state index contributed by atoms with van der Waals surface area (Å²) in [7, 11) is 0. The monoisotopic (exact) mass is 345 g/mol. The summed E-state index contributed by atoms with van der Waals surface area (Å²) in [6, 6.07) is 5.83. The second kappa shape index (κ2) is 6.91. The first-order chi connectivity index (χ1) is 11.0. The maximum absolute atomic E-state index is 12.2. The lowest BCUT2D eigenvalue weighted by Crippen LogP contribution is -2.42. The molecule has 0 radical (unpaired) electrons. The molecule has 1 amide bonds. The molecule has 0 saturated carbocycles. The first kappa shape index (κ1) is 18.4. The van der Waals surface area contributed by atoms with Gasteiger partial charge in [0.2, 0.25) is 0 Å². The van der Waals surface area contributed by atoms with Gasteiger partial charge in [0.15, 0.2) is 0 Å².